The number of hydrogen-bond acceptors (Lipinski definition) is 3. The first-order chi connectivity index (χ1) is 6.18. The van der Waals surface area contributed by atoms with Gasteiger partial charge in [0.2, 0.25) is 5.91 Å². The summed E-state index contributed by atoms with van der Waals surface area (Å²) in [4.78, 5) is 20.9. The maximum atomic E-state index is 10.8. The minimum Gasteiger partial charge on any atom is -0.481 e. The van der Waals surface area contributed by atoms with E-state index < -0.39 is 5.97 Å². The predicted molar refractivity (Wildman–Crippen MR) is 50.5 cm³/mol. The molecule has 1 rings (SSSR count). The number of carboxylic acid groups (broad SMARTS) is 1. The predicted octanol–water partition coefficient (Wildman–Crippen LogP) is 0.820. The summed E-state index contributed by atoms with van der Waals surface area (Å²) < 4.78 is 0. The molecule has 0 aromatic rings. The van der Waals surface area contributed by atoms with Gasteiger partial charge in [-0.2, -0.15) is 0 Å². The second kappa shape index (κ2) is 5.11. The van der Waals surface area contributed by atoms with Gasteiger partial charge in [-0.1, -0.05) is 0 Å². The van der Waals surface area contributed by atoms with Gasteiger partial charge in [0.05, 0.1) is 11.1 Å². The number of carboxylic acids is 1. The van der Waals surface area contributed by atoms with Crippen molar-refractivity contribution < 1.29 is 14.7 Å². The van der Waals surface area contributed by atoms with Crippen molar-refractivity contribution in [1.82, 2.24) is 5.32 Å². The number of nitrogens with one attached hydrogen (secondary N) is 1. The molecule has 74 valence electrons. The number of hydrogen-bond donors (Lipinski definition) is 2. The van der Waals surface area contributed by atoms with Gasteiger partial charge >= 0.3 is 5.97 Å². The average molecular weight is 203 g/mol. The van der Waals surface area contributed by atoms with Gasteiger partial charge in [0.25, 0.3) is 0 Å². The average Bonchev–Trinajstić information content (AvgIpc) is 2.45. The van der Waals surface area contributed by atoms with Crippen LogP contribution in [0.2, 0.25) is 0 Å². The third-order valence-corrected chi connectivity index (χ3v) is 3.03. The first-order valence-electron chi connectivity index (χ1n) is 4.31. The van der Waals surface area contributed by atoms with E-state index in [1.165, 1.54) is 0 Å². The molecule has 0 saturated carbocycles. The molecule has 1 amide bonds. The van der Waals surface area contributed by atoms with Gasteiger partial charge in [-0.3, -0.25) is 9.59 Å². The molecule has 1 atom stereocenters. The van der Waals surface area contributed by atoms with E-state index in [4.69, 9.17) is 5.11 Å². The Kier molecular flexibility index (Phi) is 4.08. The normalized spacial score (nSPS) is 21.5. The highest BCUT2D eigenvalue weighted by Crippen LogP contribution is 2.20. The number of carbonyl (C=O) groups excluding carboxylic acids is 1. The molecule has 2 N–H and O–H groups in total. The smallest absolute Gasteiger partial charge is 0.303 e. The molecule has 0 radical (unpaired) electrons. The van der Waals surface area contributed by atoms with E-state index in [-0.39, 0.29) is 17.7 Å². The summed E-state index contributed by atoms with van der Waals surface area (Å²) in [6.45, 7) is 0. The molecule has 4 nitrogen and oxygen atoms in total. The van der Waals surface area contributed by atoms with Crippen molar-refractivity contribution in [3.63, 3.8) is 0 Å². The standard InChI is InChI=1S/C8H13NO3S/c10-6-5-13-7(9-6)3-1-2-4-8(11)12/h7H,1-5H2,(H,9,10)(H,11,12). The Morgan fingerprint density at radius 2 is 2.38 bits per heavy atom. The topological polar surface area (TPSA) is 66.4 Å². The summed E-state index contributed by atoms with van der Waals surface area (Å²) in [6, 6.07) is 0. The van der Waals surface area contributed by atoms with Gasteiger partial charge in [0, 0.05) is 6.42 Å². The van der Waals surface area contributed by atoms with Crippen molar-refractivity contribution in [3.05, 3.63) is 0 Å². The minimum atomic E-state index is -0.747. The van der Waals surface area contributed by atoms with E-state index in [1.807, 2.05) is 0 Å². The molecular weight excluding hydrogens is 190 g/mol. The quantitative estimate of drug-likeness (QED) is 0.649. The summed E-state index contributed by atoms with van der Waals surface area (Å²) in [7, 11) is 0. The molecule has 1 aliphatic rings. The Hall–Kier alpha value is -0.710. The molecular formula is C8H13NO3S. The van der Waals surface area contributed by atoms with Gasteiger partial charge in [-0.15, -0.1) is 11.8 Å². The van der Waals surface area contributed by atoms with Gasteiger partial charge in [-0.05, 0) is 19.3 Å². The number of rotatable bonds is 5. The van der Waals surface area contributed by atoms with Crippen molar-refractivity contribution in [2.75, 3.05) is 5.75 Å². The van der Waals surface area contributed by atoms with Crippen molar-refractivity contribution in [3.8, 4) is 0 Å². The molecule has 1 unspecified atom stereocenters. The summed E-state index contributed by atoms with van der Waals surface area (Å²) in [5.74, 6) is -0.111. The van der Waals surface area contributed by atoms with Crippen LogP contribution in [0, 0.1) is 0 Å². The van der Waals surface area contributed by atoms with E-state index in [0.717, 1.165) is 12.8 Å². The van der Waals surface area contributed by atoms with E-state index in [1.54, 1.807) is 11.8 Å². The largest absolute Gasteiger partial charge is 0.481 e. The van der Waals surface area contributed by atoms with Crippen molar-refractivity contribution >= 4 is 23.6 Å². The Morgan fingerprint density at radius 1 is 1.62 bits per heavy atom. The van der Waals surface area contributed by atoms with Crippen LogP contribution in [-0.2, 0) is 9.59 Å². The first kappa shape index (κ1) is 10.4. The summed E-state index contributed by atoms with van der Waals surface area (Å²) in [5, 5.41) is 11.4. The van der Waals surface area contributed by atoms with Crippen LogP contribution < -0.4 is 5.32 Å². The summed E-state index contributed by atoms with van der Waals surface area (Å²) in [6.07, 6.45) is 2.67. The van der Waals surface area contributed by atoms with Crippen LogP contribution >= 0.6 is 11.8 Å². The van der Waals surface area contributed by atoms with Crippen molar-refractivity contribution in [1.29, 1.82) is 0 Å². The fourth-order valence-corrected chi connectivity index (χ4v) is 2.18. The Balaban J connectivity index is 2.00. The number of thioether (sulfide) groups is 1. The fourth-order valence-electron chi connectivity index (χ4n) is 1.20. The van der Waals surface area contributed by atoms with Gasteiger partial charge in [0.15, 0.2) is 0 Å². The van der Waals surface area contributed by atoms with E-state index in [9.17, 15) is 9.59 Å². The lowest BCUT2D eigenvalue weighted by Crippen LogP contribution is -2.24. The van der Waals surface area contributed by atoms with Crippen LogP contribution in [0.5, 0.6) is 0 Å². The Bertz CT molecular complexity index is 208. The molecule has 5 heteroatoms. The highest BCUT2D eigenvalue weighted by atomic mass is 32.2. The maximum absolute atomic E-state index is 10.8. The first-order valence-corrected chi connectivity index (χ1v) is 5.36. The van der Waals surface area contributed by atoms with Crippen LogP contribution in [0.15, 0.2) is 0 Å². The van der Waals surface area contributed by atoms with Gasteiger partial charge in [-0.25, -0.2) is 0 Å². The van der Waals surface area contributed by atoms with Crippen LogP contribution in [0.25, 0.3) is 0 Å². The van der Waals surface area contributed by atoms with Crippen LogP contribution in [0.1, 0.15) is 25.7 Å². The number of unbranched alkanes of at least 4 members (excludes halogenated alkanes) is 1. The molecule has 1 aliphatic heterocycles. The van der Waals surface area contributed by atoms with Crippen LogP contribution in [0.4, 0.5) is 0 Å². The second-order valence-electron chi connectivity index (χ2n) is 3.01. The van der Waals surface area contributed by atoms with Crippen LogP contribution in [-0.4, -0.2) is 28.1 Å². The molecule has 0 aromatic carbocycles. The zero-order chi connectivity index (χ0) is 9.68. The SMILES string of the molecule is O=C(O)CCCCC1NC(=O)CS1. The van der Waals surface area contributed by atoms with E-state index in [2.05, 4.69) is 5.32 Å². The third-order valence-electron chi connectivity index (χ3n) is 1.84. The zero-order valence-corrected chi connectivity index (χ0v) is 8.10. The highest BCUT2D eigenvalue weighted by molar-refractivity contribution is 8.01. The Morgan fingerprint density at radius 3 is 2.92 bits per heavy atom. The minimum absolute atomic E-state index is 0.0910. The molecule has 1 saturated heterocycles. The van der Waals surface area contributed by atoms with Gasteiger partial charge in [0.1, 0.15) is 0 Å². The molecule has 1 heterocycles. The van der Waals surface area contributed by atoms with Gasteiger partial charge < -0.3 is 10.4 Å². The highest BCUT2D eigenvalue weighted by Gasteiger charge is 2.20. The third kappa shape index (κ3) is 4.17. The van der Waals surface area contributed by atoms with E-state index >= 15 is 0 Å². The molecule has 0 bridgehead atoms. The Labute approximate surface area is 81.1 Å². The summed E-state index contributed by atoms with van der Waals surface area (Å²) in [5.41, 5.74) is 0. The van der Waals surface area contributed by atoms with E-state index in [0.29, 0.717) is 12.2 Å². The lowest BCUT2D eigenvalue weighted by Gasteiger charge is -2.07. The number of carbonyl (C=O) groups is 2. The van der Waals surface area contributed by atoms with Crippen molar-refractivity contribution in [2.24, 2.45) is 0 Å². The molecule has 0 spiro atoms. The lowest BCUT2D eigenvalue weighted by molar-refractivity contribution is -0.137. The fraction of sp³-hybridized carbons (Fsp3) is 0.750. The summed E-state index contributed by atoms with van der Waals surface area (Å²) >= 11 is 1.60. The molecule has 0 aromatic heterocycles. The second-order valence-corrected chi connectivity index (χ2v) is 4.20. The molecule has 13 heavy (non-hydrogen) atoms. The maximum Gasteiger partial charge on any atom is 0.303 e. The zero-order valence-electron chi connectivity index (χ0n) is 7.28. The van der Waals surface area contributed by atoms with Crippen molar-refractivity contribution in [2.45, 2.75) is 31.1 Å². The number of aliphatic carboxylic acids is 1. The monoisotopic (exact) mass is 203 g/mol. The number of amides is 1. The van der Waals surface area contributed by atoms with Crippen LogP contribution in [0.3, 0.4) is 0 Å². The molecule has 0 aliphatic carbocycles. The lowest BCUT2D eigenvalue weighted by atomic mass is 10.2. The molecule has 1 fully saturated rings.